The first-order valence-corrected chi connectivity index (χ1v) is 8.90. The number of carbonyl (C=O) groups excluding carboxylic acids is 1. The van der Waals surface area contributed by atoms with Crippen LogP contribution >= 0.6 is 0 Å². The van der Waals surface area contributed by atoms with Crippen LogP contribution in [0.25, 0.3) is 0 Å². The molecule has 1 atom stereocenters. The summed E-state index contributed by atoms with van der Waals surface area (Å²) in [6.07, 6.45) is 2.94. The first-order chi connectivity index (χ1) is 12.2. The first kappa shape index (κ1) is 17.7. The fourth-order valence-corrected chi connectivity index (χ4v) is 3.09. The summed E-state index contributed by atoms with van der Waals surface area (Å²) in [4.78, 5) is 14.6. The Kier molecular flexibility index (Phi) is 6.25. The van der Waals surface area contributed by atoms with Crippen LogP contribution in [0.4, 0.5) is 0 Å². The lowest BCUT2D eigenvalue weighted by Gasteiger charge is -2.33. The zero-order chi connectivity index (χ0) is 17.5. The van der Waals surface area contributed by atoms with Gasteiger partial charge in [0.15, 0.2) is 0 Å². The van der Waals surface area contributed by atoms with Crippen LogP contribution in [0.15, 0.2) is 47.1 Å². The van der Waals surface area contributed by atoms with E-state index in [-0.39, 0.29) is 11.9 Å². The third kappa shape index (κ3) is 5.18. The molecule has 134 valence electrons. The molecule has 0 aliphatic carbocycles. The Hall–Kier alpha value is -2.11. The van der Waals surface area contributed by atoms with Crippen molar-refractivity contribution in [3.63, 3.8) is 0 Å². The number of aryl methyl sites for hydroxylation is 2. The van der Waals surface area contributed by atoms with Crippen molar-refractivity contribution in [2.75, 3.05) is 32.8 Å². The average molecular weight is 342 g/mol. The molecule has 5 heteroatoms. The number of morpholine rings is 1. The number of ether oxygens (including phenoxy) is 1. The molecule has 1 aliphatic rings. The van der Waals surface area contributed by atoms with Crippen molar-refractivity contribution in [3.05, 3.63) is 59.5 Å². The molecule has 1 fully saturated rings. The number of carbonyl (C=O) groups is 1. The van der Waals surface area contributed by atoms with E-state index in [2.05, 4.69) is 41.4 Å². The van der Waals surface area contributed by atoms with Crippen molar-refractivity contribution in [1.82, 2.24) is 10.2 Å². The Morgan fingerprint density at radius 3 is 2.64 bits per heavy atom. The summed E-state index contributed by atoms with van der Waals surface area (Å²) >= 11 is 0. The largest absolute Gasteiger partial charge is 0.468 e. The summed E-state index contributed by atoms with van der Waals surface area (Å²) in [5, 5.41) is 3.07. The van der Waals surface area contributed by atoms with Crippen LogP contribution in [-0.4, -0.2) is 43.7 Å². The summed E-state index contributed by atoms with van der Waals surface area (Å²) in [6, 6.07) is 12.3. The van der Waals surface area contributed by atoms with Gasteiger partial charge in [-0.15, -0.1) is 0 Å². The van der Waals surface area contributed by atoms with E-state index in [0.717, 1.165) is 38.5 Å². The Labute approximate surface area is 149 Å². The van der Waals surface area contributed by atoms with Gasteiger partial charge in [0.05, 0.1) is 25.5 Å². The van der Waals surface area contributed by atoms with E-state index in [1.54, 1.807) is 6.26 Å². The van der Waals surface area contributed by atoms with Crippen LogP contribution in [0.5, 0.6) is 0 Å². The zero-order valence-corrected chi connectivity index (χ0v) is 14.7. The molecule has 1 saturated heterocycles. The van der Waals surface area contributed by atoms with Crippen molar-refractivity contribution in [3.8, 4) is 0 Å². The minimum atomic E-state index is 0.0576. The lowest BCUT2D eigenvalue weighted by Crippen LogP contribution is -2.43. The summed E-state index contributed by atoms with van der Waals surface area (Å²) in [6.45, 7) is 5.77. The highest BCUT2D eigenvalue weighted by Crippen LogP contribution is 2.21. The van der Waals surface area contributed by atoms with Crippen LogP contribution in [0.1, 0.15) is 29.3 Å². The molecule has 2 aromatic rings. The highest BCUT2D eigenvalue weighted by Gasteiger charge is 2.25. The maximum Gasteiger partial charge on any atom is 0.220 e. The number of furan rings is 1. The van der Waals surface area contributed by atoms with E-state index in [1.165, 1.54) is 11.1 Å². The topological polar surface area (TPSA) is 54.7 Å². The number of nitrogens with zero attached hydrogens (tertiary/aromatic N) is 1. The van der Waals surface area contributed by atoms with Gasteiger partial charge in [0.1, 0.15) is 5.76 Å². The molecular weight excluding hydrogens is 316 g/mol. The minimum Gasteiger partial charge on any atom is -0.468 e. The fraction of sp³-hybridized carbons (Fsp3) is 0.450. The quantitative estimate of drug-likeness (QED) is 0.841. The van der Waals surface area contributed by atoms with Gasteiger partial charge in [0.2, 0.25) is 5.91 Å². The van der Waals surface area contributed by atoms with Crippen molar-refractivity contribution in [1.29, 1.82) is 0 Å². The molecule has 1 N–H and O–H groups in total. The van der Waals surface area contributed by atoms with Crippen molar-refractivity contribution in [2.45, 2.75) is 25.8 Å². The molecule has 0 spiro atoms. The van der Waals surface area contributed by atoms with Crippen LogP contribution in [0, 0.1) is 6.92 Å². The average Bonchev–Trinajstić information content (AvgIpc) is 3.17. The highest BCUT2D eigenvalue weighted by atomic mass is 16.5. The van der Waals surface area contributed by atoms with Gasteiger partial charge >= 0.3 is 0 Å². The number of rotatable bonds is 7. The standard InChI is InChI=1S/C20H26N2O3/c1-16-4-6-17(7-5-16)8-9-20(23)21-15-18(19-3-2-12-25-19)22-10-13-24-14-11-22/h2-7,12,18H,8-11,13-15H2,1H3,(H,21,23). The third-order valence-corrected chi connectivity index (χ3v) is 4.61. The third-order valence-electron chi connectivity index (χ3n) is 4.61. The van der Waals surface area contributed by atoms with E-state index in [0.29, 0.717) is 13.0 Å². The normalized spacial score (nSPS) is 16.5. The molecule has 1 amide bonds. The molecule has 1 aliphatic heterocycles. The molecule has 0 bridgehead atoms. The van der Waals surface area contributed by atoms with Crippen molar-refractivity contribution >= 4 is 5.91 Å². The van der Waals surface area contributed by atoms with Gasteiger partial charge in [-0.3, -0.25) is 9.69 Å². The van der Waals surface area contributed by atoms with E-state index in [9.17, 15) is 4.79 Å². The zero-order valence-electron chi connectivity index (χ0n) is 14.7. The van der Waals surface area contributed by atoms with Gasteiger partial charge in [-0.25, -0.2) is 0 Å². The predicted molar refractivity (Wildman–Crippen MR) is 96.4 cm³/mol. The SMILES string of the molecule is Cc1ccc(CCC(=O)NCC(c2ccco2)N2CCOCC2)cc1. The first-order valence-electron chi connectivity index (χ1n) is 8.90. The van der Waals surface area contributed by atoms with Gasteiger partial charge in [0, 0.05) is 26.1 Å². The van der Waals surface area contributed by atoms with Crippen LogP contribution < -0.4 is 5.32 Å². The minimum absolute atomic E-state index is 0.0576. The molecular formula is C20H26N2O3. The Morgan fingerprint density at radius 1 is 1.20 bits per heavy atom. The number of amides is 1. The van der Waals surface area contributed by atoms with Gasteiger partial charge in [-0.05, 0) is 31.0 Å². The number of nitrogens with one attached hydrogen (secondary N) is 1. The molecule has 3 rings (SSSR count). The van der Waals surface area contributed by atoms with Gasteiger partial charge in [-0.2, -0.15) is 0 Å². The monoisotopic (exact) mass is 342 g/mol. The molecule has 25 heavy (non-hydrogen) atoms. The molecule has 1 aromatic carbocycles. The summed E-state index contributed by atoms with van der Waals surface area (Å²) < 4.78 is 11.0. The number of hydrogen-bond donors (Lipinski definition) is 1. The van der Waals surface area contributed by atoms with Crippen LogP contribution in [-0.2, 0) is 16.0 Å². The fourth-order valence-electron chi connectivity index (χ4n) is 3.09. The Morgan fingerprint density at radius 2 is 1.96 bits per heavy atom. The van der Waals surface area contributed by atoms with Gasteiger partial charge in [0.25, 0.3) is 0 Å². The lowest BCUT2D eigenvalue weighted by atomic mass is 10.1. The highest BCUT2D eigenvalue weighted by molar-refractivity contribution is 5.76. The molecule has 2 heterocycles. The van der Waals surface area contributed by atoms with E-state index < -0.39 is 0 Å². The molecule has 0 radical (unpaired) electrons. The van der Waals surface area contributed by atoms with E-state index in [1.807, 2.05) is 12.1 Å². The molecule has 0 saturated carbocycles. The second-order valence-corrected chi connectivity index (χ2v) is 6.47. The smallest absolute Gasteiger partial charge is 0.220 e. The van der Waals surface area contributed by atoms with E-state index in [4.69, 9.17) is 9.15 Å². The lowest BCUT2D eigenvalue weighted by molar-refractivity contribution is -0.121. The molecule has 1 aromatic heterocycles. The molecule has 5 nitrogen and oxygen atoms in total. The second kappa shape index (κ2) is 8.83. The Balaban J connectivity index is 1.51. The van der Waals surface area contributed by atoms with Gasteiger partial charge < -0.3 is 14.5 Å². The summed E-state index contributed by atoms with van der Waals surface area (Å²) in [7, 11) is 0. The molecule has 1 unspecified atom stereocenters. The maximum absolute atomic E-state index is 12.3. The van der Waals surface area contributed by atoms with Crippen molar-refractivity contribution < 1.29 is 13.9 Å². The van der Waals surface area contributed by atoms with Crippen LogP contribution in [0.2, 0.25) is 0 Å². The maximum atomic E-state index is 12.3. The van der Waals surface area contributed by atoms with Crippen LogP contribution in [0.3, 0.4) is 0 Å². The summed E-state index contributed by atoms with van der Waals surface area (Å²) in [5.41, 5.74) is 2.43. The second-order valence-electron chi connectivity index (χ2n) is 6.47. The number of hydrogen-bond acceptors (Lipinski definition) is 4. The predicted octanol–water partition coefficient (Wildman–Crippen LogP) is 2.71. The van der Waals surface area contributed by atoms with Gasteiger partial charge in [-0.1, -0.05) is 29.8 Å². The van der Waals surface area contributed by atoms with Crippen molar-refractivity contribution in [2.24, 2.45) is 0 Å². The van der Waals surface area contributed by atoms with E-state index >= 15 is 0 Å². The Bertz CT molecular complexity index is 646. The summed E-state index contributed by atoms with van der Waals surface area (Å²) in [5.74, 6) is 0.964. The number of benzene rings is 1.